The average Bonchev–Trinajstić information content (AvgIpc) is 3.20. The molecule has 0 aromatic heterocycles. The molecule has 2 aromatic rings. The molecule has 172 valence electrons. The Balaban J connectivity index is 1.63. The van der Waals surface area contributed by atoms with Crippen LogP contribution in [-0.2, 0) is 30.9 Å². The van der Waals surface area contributed by atoms with E-state index in [2.05, 4.69) is 10.6 Å². The summed E-state index contributed by atoms with van der Waals surface area (Å²) in [7, 11) is -3.84. The fourth-order valence-corrected chi connectivity index (χ4v) is 5.92. The summed E-state index contributed by atoms with van der Waals surface area (Å²) in [6, 6.07) is 10.6. The summed E-state index contributed by atoms with van der Waals surface area (Å²) in [6.45, 7) is 5.72. The Hall–Kier alpha value is -2.46. The lowest BCUT2D eigenvalue weighted by Crippen LogP contribution is -2.47. The SMILES string of the molecule is Cc1cc(C)c(S(=O)(=O)N2CCO[C@@H]2CNC(=O)C(=O)NCc2ccccc2Cl)c(C)c1. The number of sulfonamides is 1. The van der Waals surface area contributed by atoms with Crippen molar-refractivity contribution in [2.45, 2.75) is 38.4 Å². The minimum atomic E-state index is -3.84. The quantitative estimate of drug-likeness (QED) is 0.617. The lowest BCUT2D eigenvalue weighted by molar-refractivity contribution is -0.139. The second-order valence-electron chi connectivity index (χ2n) is 7.65. The Kier molecular flexibility index (Phi) is 7.55. The predicted octanol–water partition coefficient (Wildman–Crippen LogP) is 2.04. The van der Waals surface area contributed by atoms with Gasteiger partial charge in [0.25, 0.3) is 0 Å². The molecule has 1 atom stereocenters. The molecule has 1 fully saturated rings. The normalized spacial score (nSPS) is 16.7. The molecule has 1 saturated heterocycles. The molecule has 2 aromatic carbocycles. The maximum Gasteiger partial charge on any atom is 0.309 e. The van der Waals surface area contributed by atoms with Crippen LogP contribution in [0.15, 0.2) is 41.3 Å². The summed E-state index contributed by atoms with van der Waals surface area (Å²) in [5, 5.41) is 5.43. The molecule has 0 unspecified atom stereocenters. The first-order valence-corrected chi connectivity index (χ1v) is 11.9. The van der Waals surface area contributed by atoms with E-state index >= 15 is 0 Å². The third kappa shape index (κ3) is 5.29. The van der Waals surface area contributed by atoms with Gasteiger partial charge in [0.2, 0.25) is 10.0 Å². The first kappa shape index (κ1) is 24.2. The van der Waals surface area contributed by atoms with Gasteiger partial charge in [0.1, 0.15) is 6.23 Å². The van der Waals surface area contributed by atoms with E-state index < -0.39 is 28.1 Å². The van der Waals surface area contributed by atoms with E-state index in [0.29, 0.717) is 21.7 Å². The van der Waals surface area contributed by atoms with E-state index in [1.807, 2.05) is 19.1 Å². The summed E-state index contributed by atoms with van der Waals surface area (Å²) in [6.07, 6.45) is -0.902. The van der Waals surface area contributed by atoms with E-state index in [1.165, 1.54) is 4.31 Å². The van der Waals surface area contributed by atoms with Crippen molar-refractivity contribution in [3.63, 3.8) is 0 Å². The molecular formula is C22H26ClN3O5S. The molecule has 3 rings (SSSR count). The minimum absolute atomic E-state index is 0.0956. The molecule has 0 saturated carbocycles. The molecule has 0 radical (unpaired) electrons. The predicted molar refractivity (Wildman–Crippen MR) is 121 cm³/mol. The monoisotopic (exact) mass is 479 g/mol. The first-order valence-electron chi connectivity index (χ1n) is 10.1. The molecule has 8 nitrogen and oxygen atoms in total. The van der Waals surface area contributed by atoms with Gasteiger partial charge in [-0.3, -0.25) is 9.59 Å². The number of carbonyl (C=O) groups excluding carboxylic acids is 2. The van der Waals surface area contributed by atoms with Crippen molar-refractivity contribution in [2.75, 3.05) is 19.7 Å². The Labute approximate surface area is 192 Å². The summed E-state index contributed by atoms with van der Waals surface area (Å²) >= 11 is 6.04. The lowest BCUT2D eigenvalue weighted by atomic mass is 10.1. The summed E-state index contributed by atoms with van der Waals surface area (Å²) in [5.74, 6) is -1.73. The Morgan fingerprint density at radius 2 is 1.72 bits per heavy atom. The second-order valence-corrected chi connectivity index (χ2v) is 9.89. The number of hydrogen-bond donors (Lipinski definition) is 2. The molecule has 1 aliphatic rings. The fraction of sp³-hybridized carbons (Fsp3) is 0.364. The van der Waals surface area contributed by atoms with Crippen LogP contribution in [0.3, 0.4) is 0 Å². The van der Waals surface area contributed by atoms with Gasteiger partial charge in [-0.2, -0.15) is 4.31 Å². The molecule has 2 N–H and O–H groups in total. The van der Waals surface area contributed by atoms with Gasteiger partial charge in [0, 0.05) is 18.1 Å². The topological polar surface area (TPSA) is 105 Å². The van der Waals surface area contributed by atoms with Gasteiger partial charge in [-0.15, -0.1) is 0 Å². The van der Waals surface area contributed by atoms with Crippen molar-refractivity contribution in [1.82, 2.24) is 14.9 Å². The number of benzene rings is 2. The van der Waals surface area contributed by atoms with Crippen molar-refractivity contribution in [1.29, 1.82) is 0 Å². The largest absolute Gasteiger partial charge is 0.359 e. The summed E-state index contributed by atoms with van der Waals surface area (Å²) in [4.78, 5) is 24.6. The Morgan fingerprint density at radius 3 is 2.38 bits per heavy atom. The van der Waals surface area contributed by atoms with E-state index in [0.717, 1.165) is 5.56 Å². The summed E-state index contributed by atoms with van der Waals surface area (Å²) in [5.41, 5.74) is 2.95. The average molecular weight is 480 g/mol. The maximum atomic E-state index is 13.3. The van der Waals surface area contributed by atoms with Crippen LogP contribution in [0.2, 0.25) is 5.02 Å². The molecular weight excluding hydrogens is 454 g/mol. The highest BCUT2D eigenvalue weighted by molar-refractivity contribution is 7.89. The van der Waals surface area contributed by atoms with Crippen molar-refractivity contribution in [2.24, 2.45) is 0 Å². The van der Waals surface area contributed by atoms with Crippen molar-refractivity contribution >= 4 is 33.4 Å². The summed E-state index contributed by atoms with van der Waals surface area (Å²) < 4.78 is 33.4. The standard InChI is InChI=1S/C22H26ClN3O5S/c1-14-10-15(2)20(16(3)11-14)32(29,30)26-8-9-31-19(26)13-25-22(28)21(27)24-12-17-6-4-5-7-18(17)23/h4-7,10-11,19H,8-9,12-13H2,1-3H3,(H,24,27)(H,25,28)/t19-/m1/s1. The Bertz CT molecular complexity index is 1110. The van der Waals surface area contributed by atoms with Gasteiger partial charge in [0.05, 0.1) is 18.0 Å². The zero-order valence-corrected chi connectivity index (χ0v) is 19.7. The van der Waals surface area contributed by atoms with Crippen molar-refractivity contribution < 1.29 is 22.7 Å². The molecule has 32 heavy (non-hydrogen) atoms. The molecule has 1 aliphatic heterocycles. The van der Waals surface area contributed by atoms with Crippen LogP contribution in [0.4, 0.5) is 0 Å². The van der Waals surface area contributed by atoms with Gasteiger partial charge in [-0.25, -0.2) is 8.42 Å². The van der Waals surface area contributed by atoms with Crippen molar-refractivity contribution in [3.05, 3.63) is 63.7 Å². The van der Waals surface area contributed by atoms with Gasteiger partial charge >= 0.3 is 11.8 Å². The highest BCUT2D eigenvalue weighted by atomic mass is 35.5. The maximum absolute atomic E-state index is 13.3. The second kappa shape index (κ2) is 9.99. The molecule has 2 amide bonds. The van der Waals surface area contributed by atoms with Gasteiger partial charge in [-0.05, 0) is 43.5 Å². The van der Waals surface area contributed by atoms with Crippen LogP contribution >= 0.6 is 11.6 Å². The van der Waals surface area contributed by atoms with Crippen LogP contribution < -0.4 is 10.6 Å². The van der Waals surface area contributed by atoms with Gasteiger partial charge in [-0.1, -0.05) is 47.5 Å². The zero-order chi connectivity index (χ0) is 23.5. The smallest absolute Gasteiger partial charge is 0.309 e. The van der Waals surface area contributed by atoms with Crippen LogP contribution in [0, 0.1) is 20.8 Å². The number of amides is 2. The van der Waals surface area contributed by atoms with Gasteiger partial charge < -0.3 is 15.4 Å². The highest BCUT2D eigenvalue weighted by Gasteiger charge is 2.38. The van der Waals surface area contributed by atoms with Crippen LogP contribution in [0.1, 0.15) is 22.3 Å². The Morgan fingerprint density at radius 1 is 1.09 bits per heavy atom. The third-order valence-corrected chi connectivity index (χ3v) is 7.72. The molecule has 1 heterocycles. The third-order valence-electron chi connectivity index (χ3n) is 5.16. The molecule has 0 spiro atoms. The highest BCUT2D eigenvalue weighted by Crippen LogP contribution is 2.28. The number of rotatable bonds is 6. The molecule has 0 bridgehead atoms. The number of halogens is 1. The zero-order valence-electron chi connectivity index (χ0n) is 18.1. The van der Waals surface area contributed by atoms with Crippen LogP contribution in [0.5, 0.6) is 0 Å². The van der Waals surface area contributed by atoms with E-state index in [4.69, 9.17) is 16.3 Å². The lowest BCUT2D eigenvalue weighted by Gasteiger charge is -2.24. The number of ether oxygens (including phenoxy) is 1. The number of carbonyl (C=O) groups is 2. The number of nitrogens with zero attached hydrogens (tertiary/aromatic N) is 1. The number of nitrogens with one attached hydrogen (secondary N) is 2. The van der Waals surface area contributed by atoms with Crippen LogP contribution in [-0.4, -0.2) is 50.5 Å². The first-order chi connectivity index (χ1) is 15.1. The van der Waals surface area contributed by atoms with E-state index in [9.17, 15) is 18.0 Å². The number of aryl methyl sites for hydroxylation is 3. The van der Waals surface area contributed by atoms with Gasteiger partial charge in [0.15, 0.2) is 0 Å². The number of hydrogen-bond acceptors (Lipinski definition) is 5. The molecule has 0 aliphatic carbocycles. The van der Waals surface area contributed by atoms with Crippen molar-refractivity contribution in [3.8, 4) is 0 Å². The van der Waals surface area contributed by atoms with E-state index in [-0.39, 0.29) is 31.1 Å². The minimum Gasteiger partial charge on any atom is -0.359 e. The van der Waals surface area contributed by atoms with E-state index in [1.54, 1.807) is 38.1 Å². The fourth-order valence-electron chi connectivity index (χ4n) is 3.79. The molecule has 10 heteroatoms. The van der Waals surface area contributed by atoms with Crippen LogP contribution in [0.25, 0.3) is 0 Å².